The maximum absolute atomic E-state index is 12.6. The number of carbonyl (C=O) groups is 2. The van der Waals surface area contributed by atoms with Crippen LogP contribution in [0, 0.1) is 0 Å². The monoisotopic (exact) mass is 385 g/mol. The van der Waals surface area contributed by atoms with Gasteiger partial charge in [0.25, 0.3) is 5.91 Å². The number of rotatable bonds is 3. The molecule has 1 aliphatic heterocycles. The maximum Gasteiger partial charge on any atom is 0.257 e. The number of aromatic nitrogens is 1. The highest BCUT2D eigenvalue weighted by atomic mass is 32.1. The average molecular weight is 385 g/mol. The predicted molar refractivity (Wildman–Crippen MR) is 112 cm³/mol. The number of hydrogen-bond donors (Lipinski definition) is 2. The van der Waals surface area contributed by atoms with Gasteiger partial charge in [0, 0.05) is 22.2 Å². The highest BCUT2D eigenvalue weighted by molar-refractivity contribution is 7.14. The van der Waals surface area contributed by atoms with Gasteiger partial charge in [-0.25, -0.2) is 4.98 Å². The summed E-state index contributed by atoms with van der Waals surface area (Å²) in [6, 6.07) is 19.6. The Bertz CT molecular complexity index is 1250. The van der Waals surface area contributed by atoms with Gasteiger partial charge in [-0.3, -0.25) is 14.9 Å². The third kappa shape index (κ3) is 3.04. The van der Waals surface area contributed by atoms with E-state index in [2.05, 4.69) is 39.9 Å². The Labute approximate surface area is 165 Å². The van der Waals surface area contributed by atoms with E-state index >= 15 is 0 Å². The Hall–Kier alpha value is -3.51. The molecule has 5 nitrogen and oxygen atoms in total. The zero-order valence-corrected chi connectivity index (χ0v) is 15.5. The zero-order valence-electron chi connectivity index (χ0n) is 14.7. The summed E-state index contributed by atoms with van der Waals surface area (Å²) in [6.07, 6.45) is 0.305. The van der Waals surface area contributed by atoms with Gasteiger partial charge in [0.1, 0.15) is 0 Å². The van der Waals surface area contributed by atoms with Crippen LogP contribution in [0.25, 0.3) is 22.0 Å². The van der Waals surface area contributed by atoms with Crippen LogP contribution in [0.5, 0.6) is 0 Å². The van der Waals surface area contributed by atoms with E-state index in [0.29, 0.717) is 17.1 Å². The third-order valence-electron chi connectivity index (χ3n) is 4.76. The fraction of sp³-hybridized carbons (Fsp3) is 0.0455. The molecule has 5 rings (SSSR count). The van der Waals surface area contributed by atoms with Crippen LogP contribution in [-0.4, -0.2) is 16.8 Å². The van der Waals surface area contributed by atoms with E-state index in [1.807, 2.05) is 23.6 Å². The Balaban J connectivity index is 1.37. The molecule has 1 aromatic heterocycles. The number of nitrogens with zero attached hydrogens (tertiary/aromatic N) is 1. The Kier molecular flexibility index (Phi) is 3.91. The first-order chi connectivity index (χ1) is 13.7. The van der Waals surface area contributed by atoms with Gasteiger partial charge in [-0.1, -0.05) is 36.4 Å². The van der Waals surface area contributed by atoms with E-state index in [9.17, 15) is 9.59 Å². The molecule has 0 atom stereocenters. The van der Waals surface area contributed by atoms with E-state index in [1.54, 1.807) is 18.2 Å². The van der Waals surface area contributed by atoms with Crippen molar-refractivity contribution in [1.29, 1.82) is 0 Å². The van der Waals surface area contributed by atoms with E-state index in [0.717, 1.165) is 27.9 Å². The summed E-state index contributed by atoms with van der Waals surface area (Å²) in [5, 5.41) is 10.4. The second-order valence-corrected chi connectivity index (χ2v) is 7.51. The number of amides is 2. The summed E-state index contributed by atoms with van der Waals surface area (Å²) in [5.74, 6) is -0.283. The average Bonchev–Trinajstić information content (AvgIpc) is 3.32. The van der Waals surface area contributed by atoms with Crippen molar-refractivity contribution in [2.75, 3.05) is 10.6 Å². The summed E-state index contributed by atoms with van der Waals surface area (Å²) in [6.45, 7) is 0. The Morgan fingerprint density at radius 2 is 1.89 bits per heavy atom. The lowest BCUT2D eigenvalue weighted by Crippen LogP contribution is -2.11. The molecule has 0 spiro atoms. The van der Waals surface area contributed by atoms with Crippen LogP contribution in [0.15, 0.2) is 66.0 Å². The van der Waals surface area contributed by atoms with Crippen LogP contribution in [-0.2, 0) is 11.2 Å². The van der Waals surface area contributed by atoms with Crippen molar-refractivity contribution in [2.24, 2.45) is 0 Å². The van der Waals surface area contributed by atoms with Crippen LogP contribution >= 0.6 is 11.3 Å². The quantitative estimate of drug-likeness (QED) is 0.536. The van der Waals surface area contributed by atoms with Crippen LogP contribution in [0.3, 0.4) is 0 Å². The highest BCUT2D eigenvalue weighted by Crippen LogP contribution is 2.29. The van der Waals surface area contributed by atoms with Gasteiger partial charge in [0.2, 0.25) is 5.91 Å². The molecule has 1 aliphatic rings. The first-order valence-corrected chi connectivity index (χ1v) is 9.72. The summed E-state index contributed by atoms with van der Waals surface area (Å²) in [5.41, 5.74) is 3.97. The molecule has 0 fully saturated rings. The van der Waals surface area contributed by atoms with Crippen molar-refractivity contribution in [1.82, 2.24) is 4.98 Å². The lowest BCUT2D eigenvalue weighted by Gasteiger charge is -2.04. The van der Waals surface area contributed by atoms with Gasteiger partial charge >= 0.3 is 0 Å². The fourth-order valence-corrected chi connectivity index (χ4v) is 4.07. The van der Waals surface area contributed by atoms with Crippen molar-refractivity contribution in [3.05, 3.63) is 77.2 Å². The minimum Gasteiger partial charge on any atom is -0.326 e. The highest BCUT2D eigenvalue weighted by Gasteiger charge is 2.19. The largest absolute Gasteiger partial charge is 0.326 e. The molecule has 0 unspecified atom stereocenters. The van der Waals surface area contributed by atoms with Crippen LogP contribution < -0.4 is 10.6 Å². The van der Waals surface area contributed by atoms with Crippen molar-refractivity contribution in [3.63, 3.8) is 0 Å². The number of fused-ring (bicyclic) bond motifs is 2. The molecule has 28 heavy (non-hydrogen) atoms. The third-order valence-corrected chi connectivity index (χ3v) is 5.52. The topological polar surface area (TPSA) is 71.1 Å². The molecular formula is C22H15N3O2S. The second kappa shape index (κ2) is 6.58. The number of thiazole rings is 1. The molecule has 0 radical (unpaired) electrons. The lowest BCUT2D eigenvalue weighted by molar-refractivity contribution is -0.115. The molecule has 0 bridgehead atoms. The molecule has 0 aliphatic carbocycles. The lowest BCUT2D eigenvalue weighted by atomic mass is 10.1. The first-order valence-electron chi connectivity index (χ1n) is 8.84. The summed E-state index contributed by atoms with van der Waals surface area (Å²) >= 11 is 1.39. The normalized spacial score (nSPS) is 12.6. The van der Waals surface area contributed by atoms with Gasteiger partial charge in [-0.05, 0) is 40.6 Å². The molecule has 2 N–H and O–H groups in total. The van der Waals surface area contributed by atoms with Gasteiger partial charge in [-0.2, -0.15) is 0 Å². The maximum atomic E-state index is 12.6. The van der Waals surface area contributed by atoms with Gasteiger partial charge < -0.3 is 5.32 Å². The van der Waals surface area contributed by atoms with Crippen LogP contribution in [0.1, 0.15) is 15.9 Å². The number of nitrogens with one attached hydrogen (secondary N) is 2. The minimum absolute atomic E-state index is 0.0486. The molecule has 0 saturated carbocycles. The van der Waals surface area contributed by atoms with Crippen molar-refractivity contribution in [2.45, 2.75) is 6.42 Å². The van der Waals surface area contributed by atoms with Crippen molar-refractivity contribution >= 4 is 44.7 Å². The molecule has 4 aromatic rings. The van der Waals surface area contributed by atoms with Gasteiger partial charge in [0.05, 0.1) is 12.1 Å². The standard InChI is InChI=1S/C22H15N3O2S/c26-20-11-17-10-16(7-8-18(17)23-20)21(27)25-22-24-19(12-28-22)15-6-5-13-3-1-2-4-14(13)9-15/h1-10,12H,11H2,(H,23,26)(H,24,25,27). The van der Waals surface area contributed by atoms with Crippen LogP contribution in [0.2, 0.25) is 0 Å². The second-order valence-electron chi connectivity index (χ2n) is 6.65. The van der Waals surface area contributed by atoms with E-state index in [1.165, 1.54) is 16.7 Å². The van der Waals surface area contributed by atoms with Crippen molar-refractivity contribution < 1.29 is 9.59 Å². The summed E-state index contributed by atoms with van der Waals surface area (Å²) in [4.78, 5) is 28.6. The minimum atomic E-state index is -0.235. The Morgan fingerprint density at radius 1 is 1.04 bits per heavy atom. The number of carbonyl (C=O) groups excluding carboxylic acids is 2. The Morgan fingerprint density at radius 3 is 2.79 bits per heavy atom. The van der Waals surface area contributed by atoms with Crippen LogP contribution in [0.4, 0.5) is 10.8 Å². The molecule has 3 aromatic carbocycles. The van der Waals surface area contributed by atoms with E-state index in [-0.39, 0.29) is 11.8 Å². The molecule has 2 heterocycles. The molecule has 6 heteroatoms. The molecule has 0 saturated heterocycles. The van der Waals surface area contributed by atoms with Gasteiger partial charge in [-0.15, -0.1) is 11.3 Å². The smallest absolute Gasteiger partial charge is 0.257 e. The fourth-order valence-electron chi connectivity index (χ4n) is 3.35. The molecular weight excluding hydrogens is 370 g/mol. The first kappa shape index (κ1) is 16.6. The number of hydrogen-bond acceptors (Lipinski definition) is 4. The summed E-state index contributed by atoms with van der Waals surface area (Å²) in [7, 11) is 0. The van der Waals surface area contributed by atoms with Crippen molar-refractivity contribution in [3.8, 4) is 11.3 Å². The van der Waals surface area contributed by atoms with Gasteiger partial charge in [0.15, 0.2) is 5.13 Å². The SMILES string of the molecule is O=C1Cc2cc(C(=O)Nc3nc(-c4ccc5ccccc5c4)cs3)ccc2N1. The van der Waals surface area contributed by atoms with E-state index < -0.39 is 0 Å². The molecule has 136 valence electrons. The predicted octanol–water partition coefficient (Wildman–Crippen LogP) is 4.71. The zero-order chi connectivity index (χ0) is 19.1. The van der Waals surface area contributed by atoms with E-state index in [4.69, 9.17) is 0 Å². The summed E-state index contributed by atoms with van der Waals surface area (Å²) < 4.78 is 0. The number of benzene rings is 3. The molecule has 2 amide bonds. The number of anilines is 2.